The van der Waals surface area contributed by atoms with E-state index in [0.29, 0.717) is 59.3 Å². The van der Waals surface area contributed by atoms with Crippen LogP contribution in [-0.2, 0) is 4.74 Å². The van der Waals surface area contributed by atoms with Crippen LogP contribution in [-0.4, -0.2) is 67.1 Å². The minimum absolute atomic E-state index is 0.119. The standard InChI is InChI=1S/C20H28Cl2N2O4/c1-13-16(21)10-14(12-25)18(17(13)22)27-9-6-15-11-24(8-7-23(15)5)19(26)28-20(2,3)4/h10,12,15H,6-9,11H2,1-5H3. The summed E-state index contributed by atoms with van der Waals surface area (Å²) in [5.74, 6) is 0.348. The lowest BCUT2D eigenvalue weighted by Crippen LogP contribution is -2.54. The molecule has 1 heterocycles. The van der Waals surface area contributed by atoms with Gasteiger partial charge in [-0.2, -0.15) is 0 Å². The lowest BCUT2D eigenvalue weighted by Gasteiger charge is -2.39. The number of benzene rings is 1. The largest absolute Gasteiger partial charge is 0.491 e. The highest BCUT2D eigenvalue weighted by atomic mass is 35.5. The van der Waals surface area contributed by atoms with Crippen LogP contribution in [0.4, 0.5) is 4.79 Å². The van der Waals surface area contributed by atoms with Crippen molar-refractivity contribution in [1.82, 2.24) is 9.80 Å². The van der Waals surface area contributed by atoms with Crippen LogP contribution in [0.25, 0.3) is 0 Å². The molecule has 1 atom stereocenters. The lowest BCUT2D eigenvalue weighted by molar-refractivity contribution is 0.00547. The first-order valence-electron chi connectivity index (χ1n) is 9.28. The van der Waals surface area contributed by atoms with Crippen LogP contribution in [0.2, 0.25) is 10.0 Å². The van der Waals surface area contributed by atoms with E-state index in [1.165, 1.54) is 0 Å². The van der Waals surface area contributed by atoms with E-state index in [0.717, 1.165) is 6.54 Å². The SMILES string of the molecule is Cc1c(Cl)cc(C=O)c(OCCC2CN(C(=O)OC(C)(C)C)CCN2C)c1Cl. The molecule has 1 fully saturated rings. The average molecular weight is 431 g/mol. The smallest absolute Gasteiger partial charge is 0.410 e. The van der Waals surface area contributed by atoms with Gasteiger partial charge in [-0.05, 0) is 52.8 Å². The molecule has 0 N–H and O–H groups in total. The van der Waals surface area contributed by atoms with Gasteiger partial charge < -0.3 is 14.4 Å². The van der Waals surface area contributed by atoms with Crippen LogP contribution in [0.15, 0.2) is 6.07 Å². The van der Waals surface area contributed by atoms with Crippen molar-refractivity contribution in [1.29, 1.82) is 0 Å². The van der Waals surface area contributed by atoms with Crippen LogP contribution in [0.1, 0.15) is 43.1 Å². The molecule has 1 aliphatic heterocycles. The summed E-state index contributed by atoms with van der Waals surface area (Å²) in [7, 11) is 2.02. The molecular formula is C20H28Cl2N2O4. The molecule has 0 bridgehead atoms. The van der Waals surface area contributed by atoms with Crippen molar-refractivity contribution in [2.75, 3.05) is 33.3 Å². The van der Waals surface area contributed by atoms with Crippen molar-refractivity contribution >= 4 is 35.6 Å². The van der Waals surface area contributed by atoms with Gasteiger partial charge in [0.15, 0.2) is 6.29 Å². The number of amides is 1. The van der Waals surface area contributed by atoms with Gasteiger partial charge in [0.05, 0.1) is 17.2 Å². The van der Waals surface area contributed by atoms with E-state index in [2.05, 4.69) is 4.90 Å². The molecule has 8 heteroatoms. The highest BCUT2D eigenvalue weighted by Gasteiger charge is 2.30. The minimum atomic E-state index is -0.520. The summed E-state index contributed by atoms with van der Waals surface area (Å²) >= 11 is 12.4. The Labute approximate surface area is 176 Å². The number of hydrogen-bond acceptors (Lipinski definition) is 5. The van der Waals surface area contributed by atoms with Gasteiger partial charge in [0.25, 0.3) is 0 Å². The van der Waals surface area contributed by atoms with E-state index in [-0.39, 0.29) is 12.1 Å². The third-order valence-corrected chi connectivity index (χ3v) is 5.53. The Bertz CT molecular complexity index is 734. The molecule has 1 amide bonds. The molecule has 156 valence electrons. The number of nitrogens with zero attached hydrogens (tertiary/aromatic N) is 2. The number of piperazine rings is 1. The van der Waals surface area contributed by atoms with Crippen LogP contribution in [0.3, 0.4) is 0 Å². The van der Waals surface area contributed by atoms with Gasteiger partial charge in [0.2, 0.25) is 0 Å². The van der Waals surface area contributed by atoms with Crippen molar-refractivity contribution in [2.45, 2.75) is 45.8 Å². The molecule has 1 aliphatic rings. The lowest BCUT2D eigenvalue weighted by atomic mass is 10.1. The maximum Gasteiger partial charge on any atom is 0.410 e. The van der Waals surface area contributed by atoms with Gasteiger partial charge in [-0.15, -0.1) is 0 Å². The van der Waals surface area contributed by atoms with E-state index in [1.54, 1.807) is 17.9 Å². The molecular weight excluding hydrogens is 403 g/mol. The second-order valence-corrected chi connectivity index (χ2v) is 8.82. The van der Waals surface area contributed by atoms with Crippen molar-refractivity contribution < 1.29 is 19.1 Å². The minimum Gasteiger partial charge on any atom is -0.491 e. The predicted octanol–water partition coefficient (Wildman–Crippen LogP) is 4.43. The first-order chi connectivity index (χ1) is 13.0. The van der Waals surface area contributed by atoms with E-state index < -0.39 is 5.60 Å². The van der Waals surface area contributed by atoms with Gasteiger partial charge in [-0.1, -0.05) is 23.2 Å². The molecule has 28 heavy (non-hydrogen) atoms. The third-order valence-electron chi connectivity index (χ3n) is 4.68. The van der Waals surface area contributed by atoms with Gasteiger partial charge >= 0.3 is 6.09 Å². The molecule has 0 aliphatic carbocycles. The van der Waals surface area contributed by atoms with Crippen LogP contribution >= 0.6 is 23.2 Å². The Kier molecular flexibility index (Phi) is 7.59. The monoisotopic (exact) mass is 430 g/mol. The van der Waals surface area contributed by atoms with E-state index in [4.69, 9.17) is 32.7 Å². The summed E-state index contributed by atoms with van der Waals surface area (Å²) in [6.45, 7) is 9.64. The normalized spacial score (nSPS) is 18.1. The topological polar surface area (TPSA) is 59.1 Å². The van der Waals surface area contributed by atoms with E-state index in [9.17, 15) is 9.59 Å². The van der Waals surface area contributed by atoms with Crippen molar-refractivity contribution in [3.8, 4) is 5.75 Å². The number of carbonyl (C=O) groups is 2. The Balaban J connectivity index is 1.99. The second-order valence-electron chi connectivity index (χ2n) is 8.03. The Morgan fingerprint density at radius 2 is 2.00 bits per heavy atom. The molecule has 1 aromatic rings. The van der Waals surface area contributed by atoms with Crippen LogP contribution < -0.4 is 4.74 Å². The van der Waals surface area contributed by atoms with Crippen molar-refractivity contribution in [2.24, 2.45) is 0 Å². The fourth-order valence-corrected chi connectivity index (χ4v) is 3.52. The molecule has 0 saturated carbocycles. The number of rotatable bonds is 5. The second kappa shape index (κ2) is 9.33. The number of carbonyl (C=O) groups excluding carboxylic acids is 2. The quantitative estimate of drug-likeness (QED) is 0.646. The number of likely N-dealkylation sites (N-methyl/N-ethyl adjacent to an activating group) is 1. The van der Waals surface area contributed by atoms with Gasteiger partial charge in [0, 0.05) is 30.7 Å². The highest BCUT2D eigenvalue weighted by molar-refractivity contribution is 6.37. The fourth-order valence-electron chi connectivity index (χ4n) is 2.99. The molecule has 1 saturated heterocycles. The van der Waals surface area contributed by atoms with Crippen molar-refractivity contribution in [3.05, 3.63) is 27.2 Å². The summed E-state index contributed by atoms with van der Waals surface area (Å²) in [4.78, 5) is 27.6. The maximum absolute atomic E-state index is 12.3. The first-order valence-corrected chi connectivity index (χ1v) is 10.0. The van der Waals surface area contributed by atoms with Gasteiger partial charge in [0.1, 0.15) is 11.4 Å². The number of hydrogen-bond donors (Lipinski definition) is 0. The molecule has 6 nitrogen and oxygen atoms in total. The predicted molar refractivity (Wildman–Crippen MR) is 111 cm³/mol. The first kappa shape index (κ1) is 22.8. The maximum atomic E-state index is 12.3. The highest BCUT2D eigenvalue weighted by Crippen LogP contribution is 2.36. The van der Waals surface area contributed by atoms with Crippen molar-refractivity contribution in [3.63, 3.8) is 0 Å². The van der Waals surface area contributed by atoms with Gasteiger partial charge in [-0.3, -0.25) is 9.69 Å². The fraction of sp³-hybridized carbons (Fsp3) is 0.600. The summed E-state index contributed by atoms with van der Waals surface area (Å²) in [5, 5.41) is 0.779. The number of aldehydes is 1. The Morgan fingerprint density at radius 3 is 2.61 bits per heavy atom. The molecule has 1 unspecified atom stereocenters. The molecule has 1 aromatic carbocycles. The van der Waals surface area contributed by atoms with E-state index >= 15 is 0 Å². The van der Waals surface area contributed by atoms with Crippen LogP contribution in [0, 0.1) is 6.92 Å². The van der Waals surface area contributed by atoms with Crippen LogP contribution in [0.5, 0.6) is 5.75 Å². The Morgan fingerprint density at radius 1 is 1.32 bits per heavy atom. The zero-order valence-electron chi connectivity index (χ0n) is 17.1. The summed E-state index contributed by atoms with van der Waals surface area (Å²) in [6.07, 6.45) is 1.06. The molecule has 0 spiro atoms. The molecule has 2 rings (SSSR count). The Hall–Kier alpha value is -1.50. The summed E-state index contributed by atoms with van der Waals surface area (Å²) in [5.41, 5.74) is 0.482. The average Bonchev–Trinajstić information content (AvgIpc) is 2.61. The number of ether oxygens (including phenoxy) is 2. The van der Waals surface area contributed by atoms with Gasteiger partial charge in [-0.25, -0.2) is 4.79 Å². The van der Waals surface area contributed by atoms with E-state index in [1.807, 2.05) is 27.8 Å². The number of halogens is 2. The zero-order valence-corrected chi connectivity index (χ0v) is 18.6. The zero-order chi connectivity index (χ0) is 21.1. The summed E-state index contributed by atoms with van der Waals surface area (Å²) < 4.78 is 11.3. The molecule has 0 aromatic heterocycles. The molecule has 0 radical (unpaired) electrons. The summed E-state index contributed by atoms with van der Waals surface area (Å²) in [6, 6.07) is 1.68. The third kappa shape index (κ3) is 5.75.